The molecular formula is C26H30N2O5. The summed E-state index contributed by atoms with van der Waals surface area (Å²) in [5.41, 5.74) is 3.65. The zero-order chi connectivity index (χ0) is 23.8. The number of alkyl carbamates (subject to hydrolysis) is 1. The lowest BCUT2D eigenvalue weighted by atomic mass is 9.81. The summed E-state index contributed by atoms with van der Waals surface area (Å²) in [6, 6.07) is 15.8. The minimum atomic E-state index is -0.945. The Balaban J connectivity index is 1.31. The number of nitrogens with zero attached hydrogens (tertiary/aromatic N) is 1. The SMILES string of the molecule is CC1CN(C(=O)C[C@@H](C)NC(=O)OCC2c3ccccc3-c3ccccc32)CC1(C)C(=O)O. The summed E-state index contributed by atoms with van der Waals surface area (Å²) in [6.07, 6.45) is -0.477. The predicted molar refractivity (Wildman–Crippen MR) is 124 cm³/mol. The molecule has 2 N–H and O–H groups in total. The number of hydrogen-bond donors (Lipinski definition) is 2. The molecule has 4 rings (SSSR count). The Labute approximate surface area is 193 Å². The number of amides is 2. The standard InChI is InChI=1S/C26H30N2O5/c1-16-13-28(15-26(16,3)24(30)31)23(29)12-17(2)27-25(32)33-14-22-20-10-6-4-8-18(20)19-9-5-7-11-21(19)22/h4-11,16-17,22H,12-15H2,1-3H3,(H,27,32)(H,30,31)/t16?,17-,26?/m1/s1. The van der Waals surface area contributed by atoms with E-state index >= 15 is 0 Å². The van der Waals surface area contributed by atoms with Crippen LogP contribution in [-0.4, -0.2) is 53.7 Å². The topological polar surface area (TPSA) is 95.9 Å². The fourth-order valence-corrected chi connectivity index (χ4v) is 4.90. The second-order valence-corrected chi connectivity index (χ2v) is 9.47. The highest BCUT2D eigenvalue weighted by molar-refractivity contribution is 5.82. The monoisotopic (exact) mass is 450 g/mol. The molecular weight excluding hydrogens is 420 g/mol. The van der Waals surface area contributed by atoms with Crippen molar-refractivity contribution in [3.8, 4) is 11.1 Å². The first kappa shape index (κ1) is 22.8. The van der Waals surface area contributed by atoms with E-state index in [4.69, 9.17) is 4.74 Å². The van der Waals surface area contributed by atoms with Crippen LogP contribution in [0.15, 0.2) is 48.5 Å². The van der Waals surface area contributed by atoms with E-state index < -0.39 is 23.5 Å². The molecule has 1 fully saturated rings. The molecule has 1 aliphatic carbocycles. The molecule has 0 bridgehead atoms. The molecule has 33 heavy (non-hydrogen) atoms. The Morgan fingerprint density at radius 3 is 2.24 bits per heavy atom. The fourth-order valence-electron chi connectivity index (χ4n) is 4.90. The predicted octanol–water partition coefficient (Wildman–Crippen LogP) is 3.87. The molecule has 7 nitrogen and oxygen atoms in total. The van der Waals surface area contributed by atoms with Gasteiger partial charge in [-0.3, -0.25) is 9.59 Å². The van der Waals surface area contributed by atoms with Crippen molar-refractivity contribution in [2.45, 2.75) is 39.2 Å². The molecule has 0 spiro atoms. The van der Waals surface area contributed by atoms with Gasteiger partial charge in [-0.15, -0.1) is 0 Å². The van der Waals surface area contributed by atoms with Crippen molar-refractivity contribution in [3.63, 3.8) is 0 Å². The van der Waals surface area contributed by atoms with Crippen LogP contribution in [0.2, 0.25) is 0 Å². The van der Waals surface area contributed by atoms with Gasteiger partial charge in [-0.25, -0.2) is 4.79 Å². The largest absolute Gasteiger partial charge is 0.481 e. The number of nitrogens with one attached hydrogen (secondary N) is 1. The number of carbonyl (C=O) groups excluding carboxylic acids is 2. The highest BCUT2D eigenvalue weighted by Gasteiger charge is 2.47. The number of rotatable bonds is 6. The van der Waals surface area contributed by atoms with E-state index in [1.54, 1.807) is 18.7 Å². The average Bonchev–Trinajstić information content (AvgIpc) is 3.27. The number of hydrogen-bond acceptors (Lipinski definition) is 4. The highest BCUT2D eigenvalue weighted by Crippen LogP contribution is 2.44. The first-order chi connectivity index (χ1) is 15.7. The molecule has 2 aromatic carbocycles. The van der Waals surface area contributed by atoms with Crippen molar-refractivity contribution in [1.29, 1.82) is 0 Å². The maximum Gasteiger partial charge on any atom is 0.407 e. The molecule has 2 aromatic rings. The maximum atomic E-state index is 12.7. The van der Waals surface area contributed by atoms with Gasteiger partial charge in [0.2, 0.25) is 5.91 Å². The van der Waals surface area contributed by atoms with Crippen LogP contribution in [-0.2, 0) is 14.3 Å². The minimum absolute atomic E-state index is 0.0279. The first-order valence-electron chi connectivity index (χ1n) is 11.3. The molecule has 2 unspecified atom stereocenters. The van der Waals surface area contributed by atoms with Crippen LogP contribution in [0.4, 0.5) is 4.79 Å². The van der Waals surface area contributed by atoms with E-state index in [2.05, 4.69) is 29.6 Å². The van der Waals surface area contributed by atoms with Crippen LogP contribution >= 0.6 is 0 Å². The third kappa shape index (κ3) is 4.32. The van der Waals surface area contributed by atoms with Gasteiger partial charge in [-0.05, 0) is 42.0 Å². The molecule has 0 radical (unpaired) electrons. The summed E-state index contributed by atoms with van der Waals surface area (Å²) in [5, 5.41) is 12.2. The Kier molecular flexibility index (Phi) is 6.15. The van der Waals surface area contributed by atoms with Crippen molar-refractivity contribution in [2.24, 2.45) is 11.3 Å². The van der Waals surface area contributed by atoms with Crippen LogP contribution in [0.25, 0.3) is 11.1 Å². The quantitative estimate of drug-likeness (QED) is 0.697. The number of carboxylic acids is 1. The number of carbonyl (C=O) groups is 3. The van der Waals surface area contributed by atoms with E-state index in [0.717, 1.165) is 22.3 Å². The third-order valence-electron chi connectivity index (χ3n) is 7.13. The molecule has 2 amide bonds. The first-order valence-corrected chi connectivity index (χ1v) is 11.3. The van der Waals surface area contributed by atoms with Crippen LogP contribution < -0.4 is 5.32 Å². The van der Waals surface area contributed by atoms with Gasteiger partial charge < -0.3 is 20.1 Å². The summed E-state index contributed by atoms with van der Waals surface area (Å²) in [5.74, 6) is -1.22. The smallest absolute Gasteiger partial charge is 0.407 e. The van der Waals surface area contributed by atoms with Crippen molar-refractivity contribution in [3.05, 3.63) is 59.7 Å². The van der Waals surface area contributed by atoms with Gasteiger partial charge in [0.1, 0.15) is 6.61 Å². The lowest BCUT2D eigenvalue weighted by Crippen LogP contribution is -2.40. The summed E-state index contributed by atoms with van der Waals surface area (Å²) < 4.78 is 5.55. The number of likely N-dealkylation sites (tertiary alicyclic amines) is 1. The van der Waals surface area contributed by atoms with Crippen LogP contribution in [0.3, 0.4) is 0 Å². The Bertz CT molecular complexity index is 1040. The van der Waals surface area contributed by atoms with Crippen LogP contribution in [0, 0.1) is 11.3 Å². The number of aliphatic carboxylic acids is 1. The van der Waals surface area contributed by atoms with Gasteiger partial charge in [-0.2, -0.15) is 0 Å². The second-order valence-electron chi connectivity index (χ2n) is 9.47. The molecule has 0 aromatic heterocycles. The Morgan fingerprint density at radius 1 is 1.12 bits per heavy atom. The molecule has 7 heteroatoms. The van der Waals surface area contributed by atoms with Crippen LogP contribution in [0.1, 0.15) is 44.2 Å². The number of ether oxygens (including phenoxy) is 1. The zero-order valence-electron chi connectivity index (χ0n) is 19.2. The molecule has 1 heterocycles. The lowest BCUT2D eigenvalue weighted by molar-refractivity contribution is -0.149. The van der Waals surface area contributed by atoms with E-state index in [-0.39, 0.29) is 37.3 Å². The number of fused-ring (bicyclic) bond motifs is 3. The van der Waals surface area contributed by atoms with Crippen molar-refractivity contribution < 1.29 is 24.2 Å². The van der Waals surface area contributed by atoms with E-state index in [1.165, 1.54) is 0 Å². The zero-order valence-corrected chi connectivity index (χ0v) is 19.2. The van der Waals surface area contributed by atoms with Gasteiger partial charge in [0.25, 0.3) is 0 Å². The highest BCUT2D eigenvalue weighted by atomic mass is 16.5. The molecule has 174 valence electrons. The van der Waals surface area contributed by atoms with Crippen molar-refractivity contribution in [2.75, 3.05) is 19.7 Å². The van der Waals surface area contributed by atoms with Gasteiger partial charge in [0, 0.05) is 31.5 Å². The van der Waals surface area contributed by atoms with E-state index in [0.29, 0.717) is 6.54 Å². The number of benzene rings is 2. The number of carboxylic acid groups (broad SMARTS) is 1. The Hall–Kier alpha value is -3.35. The lowest BCUT2D eigenvalue weighted by Gasteiger charge is -2.23. The Morgan fingerprint density at radius 2 is 1.70 bits per heavy atom. The molecule has 0 saturated carbocycles. The van der Waals surface area contributed by atoms with Gasteiger partial charge in [0.15, 0.2) is 0 Å². The van der Waals surface area contributed by atoms with Gasteiger partial charge in [0.05, 0.1) is 5.41 Å². The molecule has 3 atom stereocenters. The molecule has 2 aliphatic rings. The van der Waals surface area contributed by atoms with E-state index in [9.17, 15) is 19.5 Å². The van der Waals surface area contributed by atoms with Crippen LogP contribution in [0.5, 0.6) is 0 Å². The molecule has 1 saturated heterocycles. The van der Waals surface area contributed by atoms with Crippen molar-refractivity contribution in [1.82, 2.24) is 10.2 Å². The third-order valence-corrected chi connectivity index (χ3v) is 7.13. The minimum Gasteiger partial charge on any atom is -0.481 e. The summed E-state index contributed by atoms with van der Waals surface area (Å²) in [7, 11) is 0. The average molecular weight is 451 g/mol. The molecule has 1 aliphatic heterocycles. The summed E-state index contributed by atoms with van der Waals surface area (Å²) in [4.78, 5) is 38.3. The van der Waals surface area contributed by atoms with Gasteiger partial charge in [-0.1, -0.05) is 55.5 Å². The van der Waals surface area contributed by atoms with Gasteiger partial charge >= 0.3 is 12.1 Å². The fraction of sp³-hybridized carbons (Fsp3) is 0.423. The summed E-state index contributed by atoms with van der Waals surface area (Å²) >= 11 is 0. The normalized spacial score (nSPS) is 22.4. The second kappa shape index (κ2) is 8.89. The van der Waals surface area contributed by atoms with Crippen molar-refractivity contribution >= 4 is 18.0 Å². The maximum absolute atomic E-state index is 12.7. The van der Waals surface area contributed by atoms with E-state index in [1.807, 2.05) is 31.2 Å². The summed E-state index contributed by atoms with van der Waals surface area (Å²) in [6.45, 7) is 6.06.